The van der Waals surface area contributed by atoms with Crippen LogP contribution in [0.5, 0.6) is 11.6 Å². The number of para-hydroxylation sites is 1. The molecule has 0 bridgehead atoms. The fourth-order valence-corrected chi connectivity index (χ4v) is 3.72. The number of aromatic nitrogens is 1. The van der Waals surface area contributed by atoms with E-state index in [1.807, 2.05) is 66.4 Å². The summed E-state index contributed by atoms with van der Waals surface area (Å²) in [6.45, 7) is 3.50. The Kier molecular flexibility index (Phi) is 6.80. The summed E-state index contributed by atoms with van der Waals surface area (Å²) in [5.41, 5.74) is 2.18. The summed E-state index contributed by atoms with van der Waals surface area (Å²) in [6.07, 6.45) is 4.66. The van der Waals surface area contributed by atoms with Gasteiger partial charge in [0, 0.05) is 31.0 Å². The van der Waals surface area contributed by atoms with Gasteiger partial charge >= 0.3 is 0 Å². The van der Waals surface area contributed by atoms with E-state index in [0.29, 0.717) is 22.9 Å². The maximum atomic E-state index is 13.4. The maximum Gasteiger partial charge on any atom is 0.260 e. The second-order valence-corrected chi connectivity index (χ2v) is 7.97. The molecular weight excluding hydrogens is 402 g/mol. The molecule has 3 aromatic rings. The Labute approximate surface area is 188 Å². The van der Waals surface area contributed by atoms with Crippen LogP contribution in [0.3, 0.4) is 0 Å². The molecule has 164 valence electrons. The molecule has 32 heavy (non-hydrogen) atoms. The molecule has 0 saturated carbocycles. The monoisotopic (exact) mass is 429 g/mol. The third kappa shape index (κ3) is 5.32. The van der Waals surface area contributed by atoms with Gasteiger partial charge in [-0.05, 0) is 56.5 Å². The van der Waals surface area contributed by atoms with E-state index < -0.39 is 0 Å². The minimum Gasteiger partial charge on any atom is -0.439 e. The van der Waals surface area contributed by atoms with E-state index in [1.165, 1.54) is 11.1 Å². The van der Waals surface area contributed by atoms with Gasteiger partial charge in [0.25, 0.3) is 5.91 Å². The summed E-state index contributed by atoms with van der Waals surface area (Å²) in [5, 5.41) is 0. The van der Waals surface area contributed by atoms with Gasteiger partial charge in [0.2, 0.25) is 11.8 Å². The van der Waals surface area contributed by atoms with Gasteiger partial charge in [-0.15, -0.1) is 0 Å². The number of ether oxygens (including phenoxy) is 1. The lowest BCUT2D eigenvalue weighted by molar-refractivity contribution is -0.130. The quantitative estimate of drug-likeness (QED) is 0.562. The molecule has 0 spiro atoms. The summed E-state index contributed by atoms with van der Waals surface area (Å²) < 4.78 is 5.72. The van der Waals surface area contributed by atoms with Crippen molar-refractivity contribution in [3.05, 3.63) is 84.1 Å². The fraction of sp³-hybridized carbons (Fsp3) is 0.269. The zero-order chi connectivity index (χ0) is 22.3. The van der Waals surface area contributed by atoms with Crippen LogP contribution in [0.15, 0.2) is 72.9 Å². The second kappa shape index (κ2) is 10.1. The van der Waals surface area contributed by atoms with E-state index in [9.17, 15) is 9.59 Å². The first-order valence-electron chi connectivity index (χ1n) is 11.0. The molecule has 2 aromatic carbocycles. The van der Waals surface area contributed by atoms with Crippen molar-refractivity contribution in [3.63, 3.8) is 0 Å². The third-order valence-electron chi connectivity index (χ3n) is 5.54. The summed E-state index contributed by atoms with van der Waals surface area (Å²) in [5.74, 6) is 0.778. The first-order valence-corrected chi connectivity index (χ1v) is 11.0. The molecule has 0 aliphatic carbocycles. The molecule has 1 aliphatic rings. The Morgan fingerprint density at radius 3 is 2.31 bits per heavy atom. The van der Waals surface area contributed by atoms with Crippen molar-refractivity contribution in [2.45, 2.75) is 26.2 Å². The summed E-state index contributed by atoms with van der Waals surface area (Å²) in [6, 6.07) is 20.3. The molecule has 1 aromatic heterocycles. The number of hydrogen-bond donors (Lipinski definition) is 0. The molecule has 0 N–H and O–H groups in total. The summed E-state index contributed by atoms with van der Waals surface area (Å²) in [7, 11) is 0. The van der Waals surface area contributed by atoms with Crippen molar-refractivity contribution in [2.75, 3.05) is 24.5 Å². The lowest BCUT2D eigenvalue weighted by Gasteiger charge is -2.30. The van der Waals surface area contributed by atoms with Gasteiger partial charge in [0.05, 0.1) is 5.56 Å². The van der Waals surface area contributed by atoms with Crippen molar-refractivity contribution >= 4 is 17.5 Å². The first kappa shape index (κ1) is 21.6. The fourth-order valence-electron chi connectivity index (χ4n) is 3.72. The highest BCUT2D eigenvalue weighted by atomic mass is 16.5. The normalized spacial score (nSPS) is 13.5. The summed E-state index contributed by atoms with van der Waals surface area (Å²) in [4.78, 5) is 34.0. The molecule has 2 amide bonds. The van der Waals surface area contributed by atoms with Gasteiger partial charge in [0.1, 0.15) is 12.3 Å². The molecule has 0 unspecified atom stereocenters. The molecular formula is C26H27N3O3. The number of likely N-dealkylation sites (tertiary alicyclic amines) is 1. The number of nitrogens with zero attached hydrogens (tertiary/aromatic N) is 3. The average molecular weight is 430 g/mol. The lowest BCUT2D eigenvalue weighted by atomic mass is 10.1. The highest BCUT2D eigenvalue weighted by Crippen LogP contribution is 2.22. The topological polar surface area (TPSA) is 62.7 Å². The van der Waals surface area contributed by atoms with Crippen molar-refractivity contribution in [3.8, 4) is 11.6 Å². The minimum absolute atomic E-state index is 0.00413. The van der Waals surface area contributed by atoms with Gasteiger partial charge in [-0.1, -0.05) is 35.9 Å². The van der Waals surface area contributed by atoms with E-state index in [0.717, 1.165) is 37.9 Å². The molecule has 6 nitrogen and oxygen atoms in total. The van der Waals surface area contributed by atoms with Crippen molar-refractivity contribution < 1.29 is 14.3 Å². The standard InChI is InChI=1S/C26H27N3O3/c1-20-10-13-22(14-11-20)29(19-25(30)28-16-6-3-7-17-28)26(31)21-12-15-24(27-18-21)32-23-8-4-2-5-9-23/h2,4-5,8-15,18H,3,6-7,16-17,19H2,1H3. The van der Waals surface area contributed by atoms with Crippen LogP contribution < -0.4 is 9.64 Å². The Balaban J connectivity index is 1.53. The number of benzene rings is 2. The Morgan fingerprint density at radius 1 is 0.938 bits per heavy atom. The first-order chi connectivity index (χ1) is 15.6. The van der Waals surface area contributed by atoms with Crippen LogP contribution in [-0.4, -0.2) is 41.3 Å². The van der Waals surface area contributed by atoms with Gasteiger partial charge in [-0.2, -0.15) is 0 Å². The molecule has 6 heteroatoms. The van der Waals surface area contributed by atoms with E-state index in [1.54, 1.807) is 12.1 Å². The molecule has 0 atom stereocenters. The summed E-state index contributed by atoms with van der Waals surface area (Å²) >= 11 is 0. The van der Waals surface area contributed by atoms with Crippen molar-refractivity contribution in [2.24, 2.45) is 0 Å². The zero-order valence-corrected chi connectivity index (χ0v) is 18.2. The number of carbonyl (C=O) groups is 2. The van der Waals surface area contributed by atoms with Crippen LogP contribution in [0, 0.1) is 6.92 Å². The Morgan fingerprint density at radius 2 is 1.66 bits per heavy atom. The number of hydrogen-bond acceptors (Lipinski definition) is 4. The Bertz CT molecular complexity index is 1040. The number of amides is 2. The predicted octanol–water partition coefficient (Wildman–Crippen LogP) is 4.84. The van der Waals surface area contributed by atoms with E-state index in [4.69, 9.17) is 4.74 Å². The zero-order valence-electron chi connectivity index (χ0n) is 18.2. The number of rotatable bonds is 6. The molecule has 1 fully saturated rings. The van der Waals surface area contributed by atoms with Crippen LogP contribution in [0.4, 0.5) is 5.69 Å². The number of aryl methyl sites for hydroxylation is 1. The van der Waals surface area contributed by atoms with Gasteiger partial charge < -0.3 is 9.64 Å². The minimum atomic E-state index is -0.266. The lowest BCUT2D eigenvalue weighted by Crippen LogP contribution is -2.45. The third-order valence-corrected chi connectivity index (χ3v) is 5.54. The number of pyridine rings is 1. The van der Waals surface area contributed by atoms with Gasteiger partial charge in [0.15, 0.2) is 0 Å². The highest BCUT2D eigenvalue weighted by Gasteiger charge is 2.25. The van der Waals surface area contributed by atoms with Crippen molar-refractivity contribution in [1.29, 1.82) is 0 Å². The molecule has 0 radical (unpaired) electrons. The smallest absolute Gasteiger partial charge is 0.260 e. The highest BCUT2D eigenvalue weighted by molar-refractivity contribution is 6.08. The average Bonchev–Trinajstić information content (AvgIpc) is 2.84. The van der Waals surface area contributed by atoms with Crippen LogP contribution in [-0.2, 0) is 4.79 Å². The van der Waals surface area contributed by atoms with Crippen LogP contribution in [0.2, 0.25) is 0 Å². The van der Waals surface area contributed by atoms with Crippen LogP contribution >= 0.6 is 0 Å². The van der Waals surface area contributed by atoms with E-state index in [2.05, 4.69) is 4.98 Å². The molecule has 2 heterocycles. The van der Waals surface area contributed by atoms with Gasteiger partial charge in [-0.3, -0.25) is 14.5 Å². The van der Waals surface area contributed by atoms with Crippen LogP contribution in [0.25, 0.3) is 0 Å². The largest absolute Gasteiger partial charge is 0.439 e. The Hall–Kier alpha value is -3.67. The predicted molar refractivity (Wildman–Crippen MR) is 124 cm³/mol. The SMILES string of the molecule is Cc1ccc(N(CC(=O)N2CCCCC2)C(=O)c2ccc(Oc3ccccc3)nc2)cc1. The molecule has 1 aliphatic heterocycles. The second-order valence-electron chi connectivity index (χ2n) is 7.97. The van der Waals surface area contributed by atoms with Crippen molar-refractivity contribution in [1.82, 2.24) is 9.88 Å². The molecule has 1 saturated heterocycles. The van der Waals surface area contributed by atoms with Crippen LogP contribution in [0.1, 0.15) is 35.2 Å². The molecule has 4 rings (SSSR count). The maximum absolute atomic E-state index is 13.4. The number of carbonyl (C=O) groups excluding carboxylic acids is 2. The van der Waals surface area contributed by atoms with E-state index >= 15 is 0 Å². The number of piperidine rings is 1. The van der Waals surface area contributed by atoms with E-state index in [-0.39, 0.29) is 18.4 Å². The number of anilines is 1. The van der Waals surface area contributed by atoms with Gasteiger partial charge in [-0.25, -0.2) is 4.98 Å².